The van der Waals surface area contributed by atoms with Gasteiger partial charge in [0.1, 0.15) is 17.2 Å². The molecule has 0 spiro atoms. The minimum Gasteiger partial charge on any atom is -0.460 e. The molecule has 0 atom stereocenters. The average molecular weight is 555 g/mol. The molecule has 3 N–H and O–H groups in total. The van der Waals surface area contributed by atoms with Gasteiger partial charge in [0, 0.05) is 34.5 Å². The SMILES string of the molecule is CC(C)CNC(=O)c1cc(-c2ccc3oc(Cc4ccc(F)cc4)c(C(N)=O)c3c2)ccc1-c1ccccc1Cl. The molecule has 0 unspecified atom stereocenters. The summed E-state index contributed by atoms with van der Waals surface area (Å²) in [5.74, 6) is -0.458. The number of amides is 2. The van der Waals surface area contributed by atoms with Crippen molar-refractivity contribution in [3.8, 4) is 22.3 Å². The first kappa shape index (κ1) is 27.2. The molecule has 0 bridgehead atoms. The molecule has 5 aromatic rings. The highest BCUT2D eigenvalue weighted by molar-refractivity contribution is 6.33. The summed E-state index contributed by atoms with van der Waals surface area (Å²) >= 11 is 6.50. The van der Waals surface area contributed by atoms with Crippen LogP contribution in [0.25, 0.3) is 33.2 Å². The maximum absolute atomic E-state index is 13.4. The highest BCUT2D eigenvalue weighted by Gasteiger charge is 2.21. The molecule has 7 heteroatoms. The van der Waals surface area contributed by atoms with Crippen LogP contribution in [0.15, 0.2) is 89.3 Å². The number of nitrogens with one attached hydrogen (secondary N) is 1. The van der Waals surface area contributed by atoms with Gasteiger partial charge < -0.3 is 15.5 Å². The van der Waals surface area contributed by atoms with Gasteiger partial charge >= 0.3 is 0 Å². The fraction of sp³-hybridized carbons (Fsp3) is 0.152. The summed E-state index contributed by atoms with van der Waals surface area (Å²) in [6.45, 7) is 4.60. The number of halogens is 2. The minimum absolute atomic E-state index is 0.200. The summed E-state index contributed by atoms with van der Waals surface area (Å²) in [6, 6.07) is 24.6. The molecule has 0 aliphatic carbocycles. The van der Waals surface area contributed by atoms with Crippen molar-refractivity contribution in [2.75, 3.05) is 6.54 Å². The van der Waals surface area contributed by atoms with Gasteiger partial charge in [-0.05, 0) is 64.6 Å². The van der Waals surface area contributed by atoms with Crippen LogP contribution in [0.5, 0.6) is 0 Å². The standard InChI is InChI=1S/C33H28ClFN2O3/c1-19(2)18-37-33(39)26-16-21(9-13-24(26)25-5-3-4-6-28(25)34)22-10-14-29-27(17-22)31(32(36)38)30(40-29)15-20-7-11-23(35)12-8-20/h3-14,16-17,19H,15,18H2,1-2H3,(H2,36,38)(H,37,39). The lowest BCUT2D eigenvalue weighted by Gasteiger charge is -2.15. The van der Waals surface area contributed by atoms with Crippen LogP contribution in [0, 0.1) is 11.7 Å². The summed E-state index contributed by atoms with van der Waals surface area (Å²) in [6.07, 6.45) is 0.287. The lowest BCUT2D eigenvalue weighted by atomic mass is 9.93. The quantitative estimate of drug-likeness (QED) is 0.207. The van der Waals surface area contributed by atoms with Gasteiger partial charge in [-0.15, -0.1) is 0 Å². The van der Waals surface area contributed by atoms with Crippen molar-refractivity contribution < 1.29 is 18.4 Å². The number of furan rings is 1. The second kappa shape index (κ2) is 11.4. The lowest BCUT2D eigenvalue weighted by Crippen LogP contribution is -2.27. The van der Waals surface area contributed by atoms with Crippen molar-refractivity contribution in [2.45, 2.75) is 20.3 Å². The van der Waals surface area contributed by atoms with Crippen LogP contribution in [0.3, 0.4) is 0 Å². The summed E-state index contributed by atoms with van der Waals surface area (Å²) in [5.41, 5.74) is 10.9. The van der Waals surface area contributed by atoms with Crippen LogP contribution >= 0.6 is 11.6 Å². The third kappa shape index (κ3) is 5.63. The Morgan fingerprint density at radius 1 is 0.925 bits per heavy atom. The molecular formula is C33H28ClFN2O3. The van der Waals surface area contributed by atoms with Crippen LogP contribution in [-0.4, -0.2) is 18.4 Å². The van der Waals surface area contributed by atoms with Crippen molar-refractivity contribution >= 4 is 34.4 Å². The van der Waals surface area contributed by atoms with Crippen molar-refractivity contribution in [3.63, 3.8) is 0 Å². The van der Waals surface area contributed by atoms with Crippen LogP contribution in [0.1, 0.15) is 45.9 Å². The van der Waals surface area contributed by atoms with Gasteiger partial charge in [-0.2, -0.15) is 0 Å². The Kier molecular flexibility index (Phi) is 7.71. The zero-order chi connectivity index (χ0) is 28.4. The number of hydrogen-bond donors (Lipinski definition) is 2. The van der Waals surface area contributed by atoms with Crippen molar-refractivity contribution in [1.29, 1.82) is 0 Å². The van der Waals surface area contributed by atoms with Gasteiger partial charge in [0.15, 0.2) is 0 Å². The molecule has 2 amide bonds. The zero-order valence-corrected chi connectivity index (χ0v) is 22.9. The molecule has 5 nitrogen and oxygen atoms in total. The molecule has 0 fully saturated rings. The molecule has 4 aromatic carbocycles. The molecular weight excluding hydrogens is 527 g/mol. The number of fused-ring (bicyclic) bond motifs is 1. The number of carbonyl (C=O) groups is 2. The molecule has 40 heavy (non-hydrogen) atoms. The van der Waals surface area contributed by atoms with E-state index in [1.54, 1.807) is 24.3 Å². The first-order chi connectivity index (χ1) is 19.2. The number of benzene rings is 4. The molecule has 5 rings (SSSR count). The first-order valence-corrected chi connectivity index (χ1v) is 13.4. The zero-order valence-electron chi connectivity index (χ0n) is 22.1. The van der Waals surface area contributed by atoms with E-state index < -0.39 is 5.91 Å². The average Bonchev–Trinajstić information content (AvgIpc) is 3.30. The Morgan fingerprint density at radius 2 is 1.62 bits per heavy atom. The number of nitrogens with two attached hydrogens (primary N) is 1. The third-order valence-electron chi connectivity index (χ3n) is 6.72. The fourth-order valence-corrected chi connectivity index (χ4v) is 4.97. The molecule has 202 valence electrons. The highest BCUT2D eigenvalue weighted by Crippen LogP contribution is 2.36. The smallest absolute Gasteiger partial charge is 0.252 e. The van der Waals surface area contributed by atoms with E-state index in [0.717, 1.165) is 27.8 Å². The fourth-order valence-electron chi connectivity index (χ4n) is 4.73. The van der Waals surface area contributed by atoms with E-state index in [1.165, 1.54) is 12.1 Å². The Labute approximate surface area is 236 Å². The molecule has 0 saturated heterocycles. The van der Waals surface area contributed by atoms with E-state index in [-0.39, 0.29) is 29.6 Å². The molecule has 0 aliphatic rings. The Hall–Kier alpha value is -4.42. The van der Waals surface area contributed by atoms with Gasteiger partial charge in [0.05, 0.1) is 5.56 Å². The van der Waals surface area contributed by atoms with E-state index >= 15 is 0 Å². The second-order valence-electron chi connectivity index (χ2n) is 10.1. The van der Waals surface area contributed by atoms with E-state index in [9.17, 15) is 14.0 Å². The van der Waals surface area contributed by atoms with Gasteiger partial charge in [0.25, 0.3) is 11.8 Å². The maximum atomic E-state index is 13.4. The van der Waals surface area contributed by atoms with Gasteiger partial charge in [-0.3, -0.25) is 9.59 Å². The van der Waals surface area contributed by atoms with E-state index in [4.69, 9.17) is 21.8 Å². The number of hydrogen-bond acceptors (Lipinski definition) is 3. The Balaban J connectivity index is 1.59. The van der Waals surface area contributed by atoms with E-state index in [1.807, 2.05) is 62.4 Å². The summed E-state index contributed by atoms with van der Waals surface area (Å²) in [7, 11) is 0. The Morgan fingerprint density at radius 3 is 2.33 bits per heavy atom. The minimum atomic E-state index is -0.615. The van der Waals surface area contributed by atoms with Crippen molar-refractivity contribution in [1.82, 2.24) is 5.32 Å². The largest absolute Gasteiger partial charge is 0.460 e. The van der Waals surface area contributed by atoms with Crippen LogP contribution in [0.4, 0.5) is 4.39 Å². The predicted molar refractivity (Wildman–Crippen MR) is 157 cm³/mol. The molecule has 0 saturated carbocycles. The number of primary amides is 1. The van der Waals surface area contributed by atoms with E-state index in [2.05, 4.69) is 5.32 Å². The van der Waals surface area contributed by atoms with Gasteiger partial charge in [0.2, 0.25) is 0 Å². The van der Waals surface area contributed by atoms with Crippen LogP contribution in [-0.2, 0) is 6.42 Å². The number of rotatable bonds is 8. The van der Waals surface area contributed by atoms with Crippen LogP contribution in [0.2, 0.25) is 5.02 Å². The van der Waals surface area contributed by atoms with E-state index in [0.29, 0.717) is 33.9 Å². The predicted octanol–water partition coefficient (Wildman–Crippen LogP) is 7.63. The second-order valence-corrected chi connectivity index (χ2v) is 10.5. The number of carbonyl (C=O) groups excluding carboxylic acids is 2. The third-order valence-corrected chi connectivity index (χ3v) is 7.05. The van der Waals surface area contributed by atoms with Crippen LogP contribution < -0.4 is 11.1 Å². The van der Waals surface area contributed by atoms with Gasteiger partial charge in [-0.25, -0.2) is 4.39 Å². The highest BCUT2D eigenvalue weighted by atomic mass is 35.5. The lowest BCUT2D eigenvalue weighted by molar-refractivity contribution is 0.0948. The monoisotopic (exact) mass is 554 g/mol. The summed E-state index contributed by atoms with van der Waals surface area (Å²) in [4.78, 5) is 25.9. The van der Waals surface area contributed by atoms with Gasteiger partial charge in [-0.1, -0.05) is 74.0 Å². The maximum Gasteiger partial charge on any atom is 0.252 e. The molecule has 0 radical (unpaired) electrons. The normalized spacial score (nSPS) is 11.2. The molecule has 1 heterocycles. The summed E-state index contributed by atoms with van der Waals surface area (Å²) in [5, 5.41) is 4.13. The Bertz CT molecular complexity index is 1720. The molecule has 1 aromatic heterocycles. The topological polar surface area (TPSA) is 85.3 Å². The first-order valence-electron chi connectivity index (χ1n) is 13.0. The van der Waals surface area contributed by atoms with Crippen molar-refractivity contribution in [3.05, 3.63) is 118 Å². The van der Waals surface area contributed by atoms with Crippen molar-refractivity contribution in [2.24, 2.45) is 11.7 Å². The summed E-state index contributed by atoms with van der Waals surface area (Å²) < 4.78 is 19.4. The molecule has 0 aliphatic heterocycles.